The van der Waals surface area contributed by atoms with Crippen LogP contribution in [0.2, 0.25) is 0 Å². The average molecular weight is 116 g/mol. The van der Waals surface area contributed by atoms with Crippen LogP contribution in [0.25, 0.3) is 0 Å². The monoisotopic (exact) mass is 116 g/mol. The van der Waals surface area contributed by atoms with Gasteiger partial charge in [-0.1, -0.05) is 20.3 Å². The fourth-order valence-electron chi connectivity index (χ4n) is 1.07. The molecule has 0 aromatic carbocycles. The van der Waals surface area contributed by atoms with Gasteiger partial charge in [0, 0.05) is 0 Å². The first-order valence-corrected chi connectivity index (χ1v) is 3.39. The van der Waals surface area contributed by atoms with E-state index in [1.807, 2.05) is 0 Å². The third-order valence-corrected chi connectivity index (χ3v) is 2.13. The van der Waals surface area contributed by atoms with E-state index in [1.54, 1.807) is 0 Å². The Balaban J connectivity index is 2.18. The van der Waals surface area contributed by atoms with Gasteiger partial charge in [-0.25, -0.2) is 4.39 Å². The molecule has 3 unspecified atom stereocenters. The molecule has 1 rings (SSSR count). The van der Waals surface area contributed by atoms with Crippen molar-refractivity contribution >= 4 is 0 Å². The molecule has 1 aliphatic carbocycles. The Bertz CT molecular complexity index is 78.5. The fraction of sp³-hybridized carbons (Fsp3) is 1.00. The molecule has 1 aliphatic rings. The van der Waals surface area contributed by atoms with Crippen LogP contribution < -0.4 is 0 Å². The first-order valence-electron chi connectivity index (χ1n) is 3.39. The molecule has 0 aromatic heterocycles. The molecule has 0 bridgehead atoms. The van der Waals surface area contributed by atoms with Gasteiger partial charge in [0.05, 0.1) is 0 Å². The lowest BCUT2D eigenvalue weighted by Crippen LogP contribution is -1.95. The number of hydrogen-bond donors (Lipinski definition) is 0. The van der Waals surface area contributed by atoms with Gasteiger partial charge in [-0.15, -0.1) is 0 Å². The summed E-state index contributed by atoms with van der Waals surface area (Å²) >= 11 is 0. The molecule has 0 aliphatic heterocycles. The van der Waals surface area contributed by atoms with Gasteiger partial charge in [0.15, 0.2) is 0 Å². The molecule has 0 nitrogen and oxygen atoms in total. The lowest BCUT2D eigenvalue weighted by molar-refractivity contribution is 0.382. The molecule has 0 aromatic rings. The van der Waals surface area contributed by atoms with Crippen molar-refractivity contribution in [1.29, 1.82) is 0 Å². The SMILES string of the molecule is CCC(C)C1CC1F. The Morgan fingerprint density at radius 3 is 2.38 bits per heavy atom. The van der Waals surface area contributed by atoms with Crippen molar-refractivity contribution in [1.82, 2.24) is 0 Å². The van der Waals surface area contributed by atoms with E-state index in [-0.39, 0.29) is 0 Å². The largest absolute Gasteiger partial charge is 0.247 e. The molecule has 0 amide bonds. The second kappa shape index (κ2) is 2.04. The van der Waals surface area contributed by atoms with E-state index in [0.717, 1.165) is 12.8 Å². The highest BCUT2D eigenvalue weighted by Crippen LogP contribution is 2.41. The normalized spacial score (nSPS) is 39.4. The van der Waals surface area contributed by atoms with E-state index < -0.39 is 6.17 Å². The van der Waals surface area contributed by atoms with Gasteiger partial charge in [0.25, 0.3) is 0 Å². The molecular weight excluding hydrogens is 103 g/mol. The summed E-state index contributed by atoms with van der Waals surface area (Å²) < 4.78 is 12.2. The number of alkyl halides is 1. The highest BCUT2D eigenvalue weighted by Gasteiger charge is 2.40. The molecule has 0 saturated heterocycles. The minimum Gasteiger partial charge on any atom is -0.247 e. The van der Waals surface area contributed by atoms with E-state index >= 15 is 0 Å². The average Bonchev–Trinajstić information content (AvgIpc) is 2.45. The maximum atomic E-state index is 12.2. The number of halogens is 1. The van der Waals surface area contributed by atoms with Gasteiger partial charge in [-0.05, 0) is 18.3 Å². The van der Waals surface area contributed by atoms with Gasteiger partial charge in [0.2, 0.25) is 0 Å². The first-order chi connectivity index (χ1) is 3.75. The Labute approximate surface area is 50.1 Å². The quantitative estimate of drug-likeness (QED) is 0.519. The van der Waals surface area contributed by atoms with E-state index in [4.69, 9.17) is 0 Å². The van der Waals surface area contributed by atoms with Crippen LogP contribution in [0.3, 0.4) is 0 Å². The highest BCUT2D eigenvalue weighted by atomic mass is 19.1. The van der Waals surface area contributed by atoms with E-state index in [0.29, 0.717) is 11.8 Å². The zero-order valence-electron chi connectivity index (χ0n) is 5.52. The zero-order valence-corrected chi connectivity index (χ0v) is 5.52. The second-order valence-corrected chi connectivity index (χ2v) is 2.80. The third-order valence-electron chi connectivity index (χ3n) is 2.13. The minimum atomic E-state index is -0.454. The molecule has 8 heavy (non-hydrogen) atoms. The minimum absolute atomic E-state index is 0.417. The van der Waals surface area contributed by atoms with Crippen LogP contribution in [-0.2, 0) is 0 Å². The van der Waals surface area contributed by atoms with Gasteiger partial charge in [-0.2, -0.15) is 0 Å². The van der Waals surface area contributed by atoms with Gasteiger partial charge in [-0.3, -0.25) is 0 Å². The van der Waals surface area contributed by atoms with Gasteiger partial charge >= 0.3 is 0 Å². The predicted octanol–water partition coefficient (Wildman–Crippen LogP) is 2.39. The molecule has 0 heterocycles. The Morgan fingerprint density at radius 2 is 2.25 bits per heavy atom. The third kappa shape index (κ3) is 1.01. The van der Waals surface area contributed by atoms with E-state index in [9.17, 15) is 4.39 Å². The summed E-state index contributed by atoms with van der Waals surface area (Å²) in [5, 5.41) is 0. The highest BCUT2D eigenvalue weighted by molar-refractivity contribution is 4.89. The molecule has 1 heteroatoms. The standard InChI is InChI=1S/C7H13F/c1-3-5(2)6-4-7(6)8/h5-7H,3-4H2,1-2H3. The zero-order chi connectivity index (χ0) is 6.15. The Morgan fingerprint density at radius 1 is 1.75 bits per heavy atom. The summed E-state index contributed by atoms with van der Waals surface area (Å²) in [6, 6.07) is 0. The van der Waals surface area contributed by atoms with Crippen LogP contribution in [0.15, 0.2) is 0 Å². The van der Waals surface area contributed by atoms with Crippen molar-refractivity contribution in [3.63, 3.8) is 0 Å². The van der Waals surface area contributed by atoms with Crippen LogP contribution in [0, 0.1) is 11.8 Å². The van der Waals surface area contributed by atoms with Crippen molar-refractivity contribution in [3.8, 4) is 0 Å². The van der Waals surface area contributed by atoms with Gasteiger partial charge < -0.3 is 0 Å². The molecule has 0 radical (unpaired) electrons. The maximum absolute atomic E-state index is 12.2. The fourth-order valence-corrected chi connectivity index (χ4v) is 1.07. The molecule has 48 valence electrons. The number of hydrogen-bond acceptors (Lipinski definition) is 0. The summed E-state index contributed by atoms with van der Waals surface area (Å²) in [7, 11) is 0. The van der Waals surface area contributed by atoms with Crippen molar-refractivity contribution in [3.05, 3.63) is 0 Å². The van der Waals surface area contributed by atoms with E-state index in [2.05, 4.69) is 13.8 Å². The van der Waals surface area contributed by atoms with Crippen molar-refractivity contribution in [2.24, 2.45) is 11.8 Å². The maximum Gasteiger partial charge on any atom is 0.104 e. The van der Waals surface area contributed by atoms with Crippen LogP contribution in [0.5, 0.6) is 0 Å². The predicted molar refractivity (Wildman–Crippen MR) is 32.5 cm³/mol. The molecule has 0 N–H and O–H groups in total. The first kappa shape index (κ1) is 6.06. The molecule has 1 saturated carbocycles. The second-order valence-electron chi connectivity index (χ2n) is 2.80. The van der Waals surface area contributed by atoms with Crippen molar-refractivity contribution in [2.75, 3.05) is 0 Å². The Kier molecular flexibility index (Phi) is 1.54. The molecular formula is C7H13F. The summed E-state index contributed by atoms with van der Waals surface area (Å²) in [5.74, 6) is 1.03. The molecule has 0 spiro atoms. The Hall–Kier alpha value is -0.0700. The lowest BCUT2D eigenvalue weighted by Gasteiger charge is -2.02. The van der Waals surface area contributed by atoms with Crippen LogP contribution in [0.4, 0.5) is 4.39 Å². The summed E-state index contributed by atoms with van der Waals surface area (Å²) in [6.45, 7) is 4.25. The molecule has 1 fully saturated rings. The van der Waals surface area contributed by atoms with Crippen LogP contribution in [0.1, 0.15) is 26.7 Å². The van der Waals surface area contributed by atoms with Crippen LogP contribution in [-0.4, -0.2) is 6.17 Å². The number of rotatable bonds is 2. The van der Waals surface area contributed by atoms with Crippen molar-refractivity contribution in [2.45, 2.75) is 32.9 Å². The van der Waals surface area contributed by atoms with Crippen molar-refractivity contribution < 1.29 is 4.39 Å². The summed E-state index contributed by atoms with van der Waals surface area (Å²) in [6.07, 6.45) is 1.50. The van der Waals surface area contributed by atoms with E-state index in [1.165, 1.54) is 0 Å². The van der Waals surface area contributed by atoms with Crippen LogP contribution >= 0.6 is 0 Å². The summed E-state index contributed by atoms with van der Waals surface area (Å²) in [5.41, 5.74) is 0. The topological polar surface area (TPSA) is 0 Å². The van der Waals surface area contributed by atoms with Gasteiger partial charge in [0.1, 0.15) is 6.17 Å². The lowest BCUT2D eigenvalue weighted by atomic mass is 10.0. The summed E-state index contributed by atoms with van der Waals surface area (Å²) in [4.78, 5) is 0. The smallest absolute Gasteiger partial charge is 0.104 e. The molecule has 3 atom stereocenters.